The molecule has 1 aromatic carbocycles. The van der Waals surface area contributed by atoms with Crippen molar-refractivity contribution in [3.8, 4) is 5.75 Å². The number of aryl methyl sites for hydroxylation is 1. The van der Waals surface area contributed by atoms with Gasteiger partial charge in [-0.2, -0.15) is 5.10 Å². The number of aromatic nitrogens is 3. The third kappa shape index (κ3) is 5.00. The van der Waals surface area contributed by atoms with Crippen molar-refractivity contribution in [3.05, 3.63) is 59.5 Å². The fraction of sp³-hybridized carbons (Fsp3) is 0.222. The van der Waals surface area contributed by atoms with Crippen molar-refractivity contribution >= 4 is 17.5 Å². The molecule has 2 heterocycles. The maximum atomic E-state index is 12.4. The number of alkyl halides is 3. The Labute approximate surface area is 162 Å². The van der Waals surface area contributed by atoms with Crippen molar-refractivity contribution < 1.29 is 32.2 Å². The van der Waals surface area contributed by atoms with Crippen molar-refractivity contribution in [1.82, 2.24) is 19.9 Å². The van der Waals surface area contributed by atoms with E-state index in [0.29, 0.717) is 5.69 Å². The van der Waals surface area contributed by atoms with E-state index in [0.717, 1.165) is 6.07 Å². The molecule has 29 heavy (non-hydrogen) atoms. The lowest BCUT2D eigenvalue weighted by atomic mass is 10.2. The topological polar surface area (TPSA) is 94.8 Å². The van der Waals surface area contributed by atoms with Gasteiger partial charge in [-0.25, -0.2) is 14.3 Å². The number of rotatable bonds is 6. The summed E-state index contributed by atoms with van der Waals surface area (Å²) < 4.78 is 47.6. The number of carbonyl (C=O) groups excluding carboxylic acids is 2. The van der Waals surface area contributed by atoms with Crippen molar-refractivity contribution in [2.24, 2.45) is 0 Å². The van der Waals surface area contributed by atoms with Gasteiger partial charge in [0.25, 0.3) is 5.91 Å². The number of amides is 1. The summed E-state index contributed by atoms with van der Waals surface area (Å²) in [5.41, 5.74) is 0.912. The van der Waals surface area contributed by atoms with E-state index in [-0.39, 0.29) is 23.3 Å². The molecule has 152 valence electrons. The quantitative estimate of drug-likeness (QED) is 0.630. The van der Waals surface area contributed by atoms with Crippen molar-refractivity contribution in [3.63, 3.8) is 0 Å². The molecule has 0 aliphatic rings. The number of nitrogens with zero attached hydrogens (tertiary/aromatic N) is 3. The third-order valence-electron chi connectivity index (χ3n) is 3.78. The van der Waals surface area contributed by atoms with Gasteiger partial charge in [0.05, 0.1) is 5.69 Å². The van der Waals surface area contributed by atoms with Crippen LogP contribution in [0.1, 0.15) is 21.6 Å². The van der Waals surface area contributed by atoms with Gasteiger partial charge in [0, 0.05) is 24.5 Å². The van der Waals surface area contributed by atoms with E-state index in [1.54, 1.807) is 19.2 Å². The van der Waals surface area contributed by atoms with Crippen LogP contribution in [0.4, 0.5) is 13.2 Å². The number of halogens is 3. The predicted octanol–water partition coefficient (Wildman–Crippen LogP) is 2.41. The molecule has 8 nitrogen and oxygen atoms in total. The van der Waals surface area contributed by atoms with Gasteiger partial charge in [0.15, 0.2) is 12.3 Å². The SMILES string of the molecule is Cc1nn2cccnc2c1C(=O)OCC(=O)NCc1ccccc1OC(F)(F)F. The van der Waals surface area contributed by atoms with Gasteiger partial charge in [-0.15, -0.1) is 13.2 Å². The molecule has 0 radical (unpaired) electrons. The molecular formula is C18H15F3N4O4. The summed E-state index contributed by atoms with van der Waals surface area (Å²) in [6, 6.07) is 7.03. The smallest absolute Gasteiger partial charge is 0.452 e. The Balaban J connectivity index is 1.58. The fourth-order valence-corrected chi connectivity index (χ4v) is 2.56. The molecule has 0 fully saturated rings. The van der Waals surface area contributed by atoms with Crippen LogP contribution in [-0.2, 0) is 16.1 Å². The summed E-state index contributed by atoms with van der Waals surface area (Å²) in [5.74, 6) is -1.90. The minimum atomic E-state index is -4.85. The standard InChI is InChI=1S/C18H15F3N4O4/c1-11-15(16-22-7-4-8-25(16)24-11)17(27)28-10-14(26)23-9-12-5-2-3-6-13(12)29-18(19,20)21/h2-8H,9-10H2,1H3,(H,23,26). The largest absolute Gasteiger partial charge is 0.573 e. The molecule has 0 saturated carbocycles. The van der Waals surface area contributed by atoms with E-state index in [1.807, 2.05) is 0 Å². The van der Waals surface area contributed by atoms with Gasteiger partial charge in [0.1, 0.15) is 11.3 Å². The molecule has 0 bridgehead atoms. The Morgan fingerprint density at radius 3 is 2.72 bits per heavy atom. The van der Waals surface area contributed by atoms with Gasteiger partial charge in [-0.05, 0) is 19.1 Å². The Morgan fingerprint density at radius 1 is 1.21 bits per heavy atom. The highest BCUT2D eigenvalue weighted by Crippen LogP contribution is 2.26. The number of nitrogens with one attached hydrogen (secondary N) is 1. The molecule has 11 heteroatoms. The average molecular weight is 408 g/mol. The predicted molar refractivity (Wildman–Crippen MR) is 93.0 cm³/mol. The Hall–Kier alpha value is -3.63. The Morgan fingerprint density at radius 2 is 1.97 bits per heavy atom. The molecule has 0 aliphatic carbocycles. The fourth-order valence-electron chi connectivity index (χ4n) is 2.56. The summed E-state index contributed by atoms with van der Waals surface area (Å²) in [5, 5.41) is 6.50. The van der Waals surface area contributed by atoms with E-state index < -0.39 is 30.6 Å². The van der Waals surface area contributed by atoms with E-state index in [9.17, 15) is 22.8 Å². The van der Waals surface area contributed by atoms with E-state index in [4.69, 9.17) is 4.74 Å². The maximum absolute atomic E-state index is 12.4. The monoisotopic (exact) mass is 408 g/mol. The highest BCUT2D eigenvalue weighted by atomic mass is 19.4. The van der Waals surface area contributed by atoms with Gasteiger partial charge in [-0.1, -0.05) is 18.2 Å². The second-order valence-electron chi connectivity index (χ2n) is 5.86. The van der Waals surface area contributed by atoms with Crippen LogP contribution >= 0.6 is 0 Å². The molecule has 3 aromatic rings. The van der Waals surface area contributed by atoms with E-state index >= 15 is 0 Å². The van der Waals surface area contributed by atoms with Crippen molar-refractivity contribution in [2.75, 3.05) is 6.61 Å². The van der Waals surface area contributed by atoms with Crippen LogP contribution in [0.2, 0.25) is 0 Å². The van der Waals surface area contributed by atoms with Gasteiger partial charge in [-0.3, -0.25) is 4.79 Å². The molecular weight excluding hydrogens is 393 g/mol. The highest BCUT2D eigenvalue weighted by molar-refractivity contribution is 5.98. The number of fused-ring (bicyclic) bond motifs is 1. The summed E-state index contributed by atoms with van der Waals surface area (Å²) in [6.45, 7) is 0.744. The first kappa shape index (κ1) is 20.1. The molecule has 1 N–H and O–H groups in total. The summed E-state index contributed by atoms with van der Waals surface area (Å²) in [6.07, 6.45) is -1.75. The van der Waals surface area contributed by atoms with Gasteiger partial charge in [0.2, 0.25) is 0 Å². The number of hydrogen-bond acceptors (Lipinski definition) is 6. The molecule has 0 aliphatic heterocycles. The number of esters is 1. The number of para-hydroxylation sites is 1. The van der Waals surface area contributed by atoms with Crippen LogP contribution in [0.15, 0.2) is 42.7 Å². The second-order valence-corrected chi connectivity index (χ2v) is 5.86. The first-order valence-corrected chi connectivity index (χ1v) is 8.32. The zero-order valence-corrected chi connectivity index (χ0v) is 15.1. The van der Waals surface area contributed by atoms with Gasteiger partial charge < -0.3 is 14.8 Å². The lowest BCUT2D eigenvalue weighted by Crippen LogP contribution is -2.29. The molecule has 0 spiro atoms. The average Bonchev–Trinajstić information content (AvgIpc) is 3.00. The molecule has 0 saturated heterocycles. The van der Waals surface area contributed by atoms with Crippen LogP contribution in [0.3, 0.4) is 0 Å². The van der Waals surface area contributed by atoms with Crippen molar-refractivity contribution in [2.45, 2.75) is 19.8 Å². The van der Waals surface area contributed by atoms with E-state index in [2.05, 4.69) is 20.1 Å². The first-order valence-electron chi connectivity index (χ1n) is 8.32. The van der Waals surface area contributed by atoms with Crippen LogP contribution in [-0.4, -0.2) is 39.4 Å². The molecule has 2 aromatic heterocycles. The third-order valence-corrected chi connectivity index (χ3v) is 3.78. The molecule has 0 unspecified atom stereocenters. The molecule has 3 rings (SSSR count). The van der Waals surface area contributed by atoms with Crippen LogP contribution in [0.5, 0.6) is 5.75 Å². The number of carbonyl (C=O) groups is 2. The Bertz CT molecular complexity index is 1050. The Kier molecular flexibility index (Phi) is 5.66. The lowest BCUT2D eigenvalue weighted by molar-refractivity contribution is -0.274. The number of hydrogen-bond donors (Lipinski definition) is 1. The molecule has 0 atom stereocenters. The normalized spacial score (nSPS) is 11.3. The maximum Gasteiger partial charge on any atom is 0.573 e. The lowest BCUT2D eigenvalue weighted by Gasteiger charge is -2.13. The number of ether oxygens (including phenoxy) is 2. The highest BCUT2D eigenvalue weighted by Gasteiger charge is 2.32. The van der Waals surface area contributed by atoms with E-state index in [1.165, 1.54) is 28.9 Å². The minimum Gasteiger partial charge on any atom is -0.452 e. The van der Waals surface area contributed by atoms with Crippen LogP contribution in [0, 0.1) is 6.92 Å². The first-order chi connectivity index (χ1) is 13.7. The minimum absolute atomic E-state index is 0.118. The second kappa shape index (κ2) is 8.17. The summed E-state index contributed by atoms with van der Waals surface area (Å²) in [7, 11) is 0. The van der Waals surface area contributed by atoms with Crippen molar-refractivity contribution in [1.29, 1.82) is 0 Å². The zero-order valence-electron chi connectivity index (χ0n) is 15.1. The van der Waals surface area contributed by atoms with Crippen LogP contribution in [0.25, 0.3) is 5.65 Å². The van der Waals surface area contributed by atoms with Gasteiger partial charge >= 0.3 is 12.3 Å². The summed E-state index contributed by atoms with van der Waals surface area (Å²) >= 11 is 0. The zero-order chi connectivity index (χ0) is 21.0. The summed E-state index contributed by atoms with van der Waals surface area (Å²) in [4.78, 5) is 28.3. The number of benzene rings is 1. The van der Waals surface area contributed by atoms with Crippen LogP contribution < -0.4 is 10.1 Å². The molecule has 1 amide bonds.